The topological polar surface area (TPSA) is 77.5 Å². The molecule has 0 N–H and O–H groups in total. The number of amides is 1. The minimum Gasteiger partial charge on any atom is -0.489 e. The molecule has 2 aromatic rings. The Labute approximate surface area is 238 Å². The van der Waals surface area contributed by atoms with Gasteiger partial charge in [0.15, 0.2) is 0 Å². The van der Waals surface area contributed by atoms with E-state index in [-0.39, 0.29) is 10.9 Å². The third-order valence-electron chi connectivity index (χ3n) is 8.40. The molecular formula is C28H35ClFN7O3. The second kappa shape index (κ2) is 10.9. The lowest BCUT2D eigenvalue weighted by molar-refractivity contribution is -0.126. The molecule has 1 amide bonds. The van der Waals surface area contributed by atoms with Gasteiger partial charge in [0.05, 0.1) is 24.5 Å². The minimum absolute atomic E-state index is 0.0655. The first kappa shape index (κ1) is 26.9. The highest BCUT2D eigenvalue weighted by Gasteiger charge is 2.35. The maximum atomic E-state index is 15.0. The number of halogens is 2. The summed E-state index contributed by atoms with van der Waals surface area (Å²) in [5, 5.41) is 0.0655. The standard InChI is InChI=1S/C28H35ClFN7O3/c1-4-23(38)35-8-10-36(11-9-35)27-19-15-37(26-24(29)20(30)14-22-25(26)34(3)12-13-39-22)16-21(19)31-28(32-27)40-17-18-6-5-7-33(18)2/h4,14,18H,1,5-13,15-17H2,2-3H3/t18-/m0/s1. The van der Waals surface area contributed by atoms with E-state index in [4.69, 9.17) is 31.0 Å². The number of benzene rings is 1. The number of aromatic nitrogens is 2. The number of fused-ring (bicyclic) bond motifs is 2. The van der Waals surface area contributed by atoms with E-state index in [1.165, 1.54) is 12.1 Å². The monoisotopic (exact) mass is 571 g/mol. The number of piperazine rings is 1. The predicted molar refractivity (Wildman–Crippen MR) is 152 cm³/mol. The van der Waals surface area contributed by atoms with Crippen molar-refractivity contribution in [3.8, 4) is 11.8 Å². The van der Waals surface area contributed by atoms with Crippen LogP contribution in [-0.2, 0) is 17.9 Å². The number of likely N-dealkylation sites (N-methyl/N-ethyl adjacent to an activating group) is 2. The zero-order valence-electron chi connectivity index (χ0n) is 23.0. The van der Waals surface area contributed by atoms with Crippen LogP contribution in [0.4, 0.5) is 21.6 Å². The number of rotatable bonds is 6. The highest BCUT2D eigenvalue weighted by atomic mass is 35.5. The van der Waals surface area contributed by atoms with Crippen LogP contribution in [0, 0.1) is 5.82 Å². The summed E-state index contributed by atoms with van der Waals surface area (Å²) in [6, 6.07) is 2.04. The molecule has 2 fully saturated rings. The summed E-state index contributed by atoms with van der Waals surface area (Å²) >= 11 is 6.61. The Bertz CT molecular complexity index is 1320. The van der Waals surface area contributed by atoms with Crippen molar-refractivity contribution in [3.05, 3.63) is 40.8 Å². The van der Waals surface area contributed by atoms with Gasteiger partial charge in [-0.3, -0.25) is 4.79 Å². The van der Waals surface area contributed by atoms with Gasteiger partial charge in [-0.15, -0.1) is 0 Å². The molecule has 4 aliphatic heterocycles. The molecule has 0 spiro atoms. The first-order chi connectivity index (χ1) is 19.3. The molecule has 10 nitrogen and oxygen atoms in total. The van der Waals surface area contributed by atoms with Gasteiger partial charge < -0.3 is 34.0 Å². The number of hydrogen-bond donors (Lipinski definition) is 0. The smallest absolute Gasteiger partial charge is 0.318 e. The van der Waals surface area contributed by atoms with Gasteiger partial charge in [0.2, 0.25) is 5.91 Å². The number of anilines is 3. The van der Waals surface area contributed by atoms with E-state index in [9.17, 15) is 9.18 Å². The molecule has 0 unspecified atom stereocenters. The van der Waals surface area contributed by atoms with E-state index in [1.54, 1.807) is 4.90 Å². The lowest BCUT2D eigenvalue weighted by Gasteiger charge is -2.36. The van der Waals surface area contributed by atoms with Crippen LogP contribution in [0.1, 0.15) is 24.1 Å². The van der Waals surface area contributed by atoms with E-state index in [0.717, 1.165) is 42.1 Å². The zero-order valence-corrected chi connectivity index (χ0v) is 23.8. The second-order valence-electron chi connectivity index (χ2n) is 10.9. The van der Waals surface area contributed by atoms with Gasteiger partial charge in [0.25, 0.3) is 0 Å². The number of likely N-dealkylation sites (tertiary alicyclic amines) is 1. The maximum Gasteiger partial charge on any atom is 0.318 e. The van der Waals surface area contributed by atoms with Crippen LogP contribution < -0.4 is 24.2 Å². The Balaban J connectivity index is 1.33. The van der Waals surface area contributed by atoms with E-state index in [2.05, 4.69) is 28.3 Å². The molecule has 1 aromatic heterocycles. The van der Waals surface area contributed by atoms with Gasteiger partial charge in [-0.1, -0.05) is 18.2 Å². The van der Waals surface area contributed by atoms with Crippen molar-refractivity contribution in [1.29, 1.82) is 0 Å². The third kappa shape index (κ3) is 4.89. The van der Waals surface area contributed by atoms with Gasteiger partial charge in [0.1, 0.15) is 41.3 Å². The van der Waals surface area contributed by atoms with Crippen molar-refractivity contribution in [2.45, 2.75) is 32.0 Å². The van der Waals surface area contributed by atoms with Crippen molar-refractivity contribution in [2.24, 2.45) is 0 Å². The molecule has 4 aliphatic rings. The average molecular weight is 572 g/mol. The Morgan fingerprint density at radius 2 is 1.95 bits per heavy atom. The number of ether oxygens (including phenoxy) is 2. The van der Waals surface area contributed by atoms with Gasteiger partial charge in [-0.05, 0) is 32.5 Å². The first-order valence-electron chi connectivity index (χ1n) is 13.8. The van der Waals surface area contributed by atoms with Gasteiger partial charge in [-0.2, -0.15) is 9.97 Å². The number of carbonyl (C=O) groups is 1. The Morgan fingerprint density at radius 1 is 1.15 bits per heavy atom. The third-order valence-corrected chi connectivity index (χ3v) is 8.76. The summed E-state index contributed by atoms with van der Waals surface area (Å²) in [4.78, 5) is 32.3. The Hall–Kier alpha value is -3.31. The molecule has 12 heteroatoms. The van der Waals surface area contributed by atoms with Gasteiger partial charge in [0, 0.05) is 57.4 Å². The van der Waals surface area contributed by atoms with Crippen LogP contribution >= 0.6 is 11.6 Å². The van der Waals surface area contributed by atoms with Crippen molar-refractivity contribution in [3.63, 3.8) is 0 Å². The average Bonchev–Trinajstić information content (AvgIpc) is 3.57. The number of carbonyl (C=O) groups excluding carboxylic acids is 1. The second-order valence-corrected chi connectivity index (χ2v) is 11.2. The fourth-order valence-electron chi connectivity index (χ4n) is 6.08. The normalized spacial score (nSPS) is 20.9. The summed E-state index contributed by atoms with van der Waals surface area (Å²) < 4.78 is 27.0. The summed E-state index contributed by atoms with van der Waals surface area (Å²) in [5.74, 6) is 0.695. The first-order valence-corrected chi connectivity index (χ1v) is 14.2. The number of nitrogens with zero attached hydrogens (tertiary/aromatic N) is 7. The molecule has 40 heavy (non-hydrogen) atoms. The van der Waals surface area contributed by atoms with Crippen molar-refractivity contribution in [1.82, 2.24) is 19.8 Å². The lowest BCUT2D eigenvalue weighted by atomic mass is 10.1. The molecular weight excluding hydrogens is 537 g/mol. The SMILES string of the molecule is C=CC(=O)N1CCN(c2nc(OC[C@@H]3CCCN3C)nc3c2CN(c2c(Cl)c(F)cc4c2N(C)CCO4)C3)CC1. The molecule has 1 aromatic carbocycles. The molecule has 0 saturated carbocycles. The van der Waals surface area contributed by atoms with Crippen LogP contribution in [-0.4, -0.2) is 98.3 Å². The van der Waals surface area contributed by atoms with Crippen LogP contribution in [0.25, 0.3) is 0 Å². The fourth-order valence-corrected chi connectivity index (χ4v) is 6.34. The van der Waals surface area contributed by atoms with Gasteiger partial charge >= 0.3 is 6.01 Å². The summed E-state index contributed by atoms with van der Waals surface area (Å²) in [5.41, 5.74) is 3.16. The molecule has 0 aliphatic carbocycles. The van der Waals surface area contributed by atoms with E-state index < -0.39 is 5.82 Å². The van der Waals surface area contributed by atoms with Crippen LogP contribution in [0.5, 0.6) is 11.8 Å². The highest BCUT2D eigenvalue weighted by Crippen LogP contribution is 2.48. The summed E-state index contributed by atoms with van der Waals surface area (Å²) in [6.07, 6.45) is 3.59. The number of hydrogen-bond acceptors (Lipinski definition) is 9. The summed E-state index contributed by atoms with van der Waals surface area (Å²) in [6.45, 7) is 9.64. The van der Waals surface area contributed by atoms with Gasteiger partial charge in [-0.25, -0.2) is 4.39 Å². The van der Waals surface area contributed by atoms with Crippen molar-refractivity contribution >= 4 is 34.7 Å². The molecule has 2 saturated heterocycles. The van der Waals surface area contributed by atoms with Crippen LogP contribution in [0.2, 0.25) is 5.02 Å². The summed E-state index contributed by atoms with van der Waals surface area (Å²) in [7, 11) is 4.08. The molecule has 6 rings (SSSR count). The molecule has 0 radical (unpaired) electrons. The lowest BCUT2D eigenvalue weighted by Crippen LogP contribution is -2.48. The van der Waals surface area contributed by atoms with E-state index in [1.807, 2.05) is 11.9 Å². The van der Waals surface area contributed by atoms with E-state index in [0.29, 0.717) is 82.5 Å². The Morgan fingerprint density at radius 3 is 2.67 bits per heavy atom. The van der Waals surface area contributed by atoms with Crippen LogP contribution in [0.15, 0.2) is 18.7 Å². The van der Waals surface area contributed by atoms with Crippen molar-refractivity contribution in [2.75, 3.05) is 81.3 Å². The maximum absolute atomic E-state index is 15.0. The molecule has 5 heterocycles. The van der Waals surface area contributed by atoms with E-state index >= 15 is 0 Å². The Kier molecular flexibility index (Phi) is 7.35. The minimum atomic E-state index is -0.513. The van der Waals surface area contributed by atoms with Crippen molar-refractivity contribution < 1.29 is 18.7 Å². The predicted octanol–water partition coefficient (Wildman–Crippen LogP) is 2.93. The molecule has 214 valence electrons. The molecule has 1 atom stereocenters. The zero-order chi connectivity index (χ0) is 28.0. The molecule has 0 bridgehead atoms. The largest absolute Gasteiger partial charge is 0.489 e. The fraction of sp³-hybridized carbons (Fsp3) is 0.536. The highest BCUT2D eigenvalue weighted by molar-refractivity contribution is 6.34. The van der Waals surface area contributed by atoms with Crippen LogP contribution in [0.3, 0.4) is 0 Å². The quantitative estimate of drug-likeness (QED) is 0.486.